The molecule has 0 saturated heterocycles. The van der Waals surface area contributed by atoms with Crippen LogP contribution in [0.3, 0.4) is 0 Å². The summed E-state index contributed by atoms with van der Waals surface area (Å²) in [6, 6.07) is 10.8. The SMILES string of the molecule is COC(=O)CN(CCc1cccs1)C(=O)[C@H]1Cc2ccccc2N1C(=O)OC1CCCCC1. The van der Waals surface area contributed by atoms with Crippen LogP contribution < -0.4 is 4.90 Å². The number of ether oxygens (including phenoxy) is 2. The van der Waals surface area contributed by atoms with Crippen LogP contribution in [0.25, 0.3) is 0 Å². The average Bonchev–Trinajstić information content (AvgIpc) is 3.49. The third kappa shape index (κ3) is 5.55. The number of methoxy groups -OCH3 is 1. The Labute approximate surface area is 198 Å². The standard InChI is InChI=1S/C25H30N2O5S/c1-31-23(28)17-26(14-13-20-11-7-15-33-20)24(29)22-16-18-8-5-6-12-21(18)27(22)25(30)32-19-9-3-2-4-10-19/h5-8,11-12,15,19,22H,2-4,9-10,13-14,16-17H2,1H3/t22-/m1/s1. The number of amides is 2. The second kappa shape index (κ2) is 10.8. The summed E-state index contributed by atoms with van der Waals surface area (Å²) in [5, 5.41) is 1.98. The van der Waals surface area contributed by atoms with Crippen molar-refractivity contribution in [2.45, 2.75) is 57.1 Å². The number of nitrogens with zero attached hydrogens (tertiary/aromatic N) is 2. The number of para-hydroxylation sites is 1. The Kier molecular flexibility index (Phi) is 7.65. The van der Waals surface area contributed by atoms with Crippen LogP contribution in [-0.2, 0) is 31.9 Å². The molecular weight excluding hydrogens is 440 g/mol. The quantitative estimate of drug-likeness (QED) is 0.567. The molecule has 1 aliphatic heterocycles. The van der Waals surface area contributed by atoms with Crippen LogP contribution in [0.2, 0.25) is 0 Å². The number of rotatable bonds is 7. The van der Waals surface area contributed by atoms with Gasteiger partial charge in [-0.25, -0.2) is 4.79 Å². The zero-order chi connectivity index (χ0) is 23.2. The van der Waals surface area contributed by atoms with Crippen LogP contribution in [-0.4, -0.2) is 55.2 Å². The first-order valence-corrected chi connectivity index (χ1v) is 12.4. The van der Waals surface area contributed by atoms with Crippen molar-refractivity contribution in [3.05, 3.63) is 52.2 Å². The van der Waals surface area contributed by atoms with Crippen molar-refractivity contribution in [3.8, 4) is 0 Å². The molecule has 7 nitrogen and oxygen atoms in total. The normalized spacial score (nSPS) is 18.0. The Morgan fingerprint density at radius 3 is 2.61 bits per heavy atom. The van der Waals surface area contributed by atoms with E-state index in [2.05, 4.69) is 0 Å². The highest BCUT2D eigenvalue weighted by Gasteiger charge is 2.42. The molecule has 4 rings (SSSR count). The molecule has 1 aliphatic carbocycles. The highest BCUT2D eigenvalue weighted by Crippen LogP contribution is 2.34. The fourth-order valence-corrected chi connectivity index (χ4v) is 5.29. The van der Waals surface area contributed by atoms with Crippen molar-refractivity contribution in [1.29, 1.82) is 0 Å². The molecule has 2 aliphatic rings. The van der Waals surface area contributed by atoms with E-state index in [-0.39, 0.29) is 18.6 Å². The zero-order valence-corrected chi connectivity index (χ0v) is 19.7. The van der Waals surface area contributed by atoms with Gasteiger partial charge in [0.25, 0.3) is 0 Å². The first kappa shape index (κ1) is 23.3. The summed E-state index contributed by atoms with van der Waals surface area (Å²) < 4.78 is 10.7. The second-order valence-electron chi connectivity index (χ2n) is 8.53. The molecule has 2 amide bonds. The van der Waals surface area contributed by atoms with Crippen molar-refractivity contribution < 1.29 is 23.9 Å². The smallest absolute Gasteiger partial charge is 0.415 e. The predicted molar refractivity (Wildman–Crippen MR) is 126 cm³/mol. The molecule has 176 valence electrons. The van der Waals surface area contributed by atoms with Crippen LogP contribution in [0.4, 0.5) is 10.5 Å². The minimum atomic E-state index is -0.744. The van der Waals surface area contributed by atoms with Gasteiger partial charge in [0.05, 0.1) is 12.8 Å². The molecule has 0 N–H and O–H groups in total. The molecule has 0 unspecified atom stereocenters. The van der Waals surface area contributed by atoms with E-state index < -0.39 is 18.1 Å². The first-order chi connectivity index (χ1) is 16.1. The molecule has 2 aromatic rings. The van der Waals surface area contributed by atoms with Gasteiger partial charge in [-0.05, 0) is 55.2 Å². The van der Waals surface area contributed by atoms with Gasteiger partial charge < -0.3 is 14.4 Å². The van der Waals surface area contributed by atoms with E-state index in [4.69, 9.17) is 9.47 Å². The highest BCUT2D eigenvalue weighted by atomic mass is 32.1. The summed E-state index contributed by atoms with van der Waals surface area (Å²) in [5.41, 5.74) is 1.63. The van der Waals surface area contributed by atoms with Gasteiger partial charge in [0, 0.05) is 17.8 Å². The lowest BCUT2D eigenvalue weighted by atomic mass is 9.98. The van der Waals surface area contributed by atoms with Crippen molar-refractivity contribution in [1.82, 2.24) is 4.90 Å². The van der Waals surface area contributed by atoms with Gasteiger partial charge in [0.2, 0.25) is 5.91 Å². The summed E-state index contributed by atoms with van der Waals surface area (Å²) >= 11 is 1.61. The first-order valence-electron chi connectivity index (χ1n) is 11.5. The average molecular weight is 471 g/mol. The number of thiophene rings is 1. The number of fused-ring (bicyclic) bond motifs is 1. The van der Waals surface area contributed by atoms with E-state index in [1.54, 1.807) is 11.3 Å². The summed E-state index contributed by atoms with van der Waals surface area (Å²) in [6.07, 6.45) is 5.40. The van der Waals surface area contributed by atoms with Gasteiger partial charge in [0.15, 0.2) is 0 Å². The molecule has 8 heteroatoms. The van der Waals surface area contributed by atoms with E-state index in [9.17, 15) is 14.4 Å². The molecule has 0 spiro atoms. The molecule has 1 aromatic carbocycles. The third-order valence-corrected chi connectivity index (χ3v) is 7.28. The predicted octanol–water partition coefficient (Wildman–Crippen LogP) is 4.19. The van der Waals surface area contributed by atoms with E-state index in [0.29, 0.717) is 25.1 Å². The number of esters is 1. The molecule has 1 atom stereocenters. The van der Waals surface area contributed by atoms with Crippen LogP contribution in [0.5, 0.6) is 0 Å². The molecule has 2 heterocycles. The molecule has 1 aromatic heterocycles. The summed E-state index contributed by atoms with van der Waals surface area (Å²) in [4.78, 5) is 43.2. The maximum atomic E-state index is 13.7. The largest absolute Gasteiger partial charge is 0.468 e. The van der Waals surface area contributed by atoms with E-state index >= 15 is 0 Å². The summed E-state index contributed by atoms with van der Waals surface area (Å²) in [7, 11) is 1.31. The van der Waals surface area contributed by atoms with Gasteiger partial charge in [-0.1, -0.05) is 30.7 Å². The number of anilines is 1. The molecular formula is C25H30N2O5S. The zero-order valence-electron chi connectivity index (χ0n) is 18.9. The van der Waals surface area contributed by atoms with Crippen molar-refractivity contribution >= 4 is 35.0 Å². The Balaban J connectivity index is 1.55. The van der Waals surface area contributed by atoms with Gasteiger partial charge in [-0.3, -0.25) is 14.5 Å². The van der Waals surface area contributed by atoms with Gasteiger partial charge >= 0.3 is 12.1 Å². The molecule has 0 radical (unpaired) electrons. The van der Waals surface area contributed by atoms with E-state index in [0.717, 1.165) is 42.5 Å². The molecule has 33 heavy (non-hydrogen) atoms. The maximum absolute atomic E-state index is 13.7. The minimum Gasteiger partial charge on any atom is -0.468 e. The highest BCUT2D eigenvalue weighted by molar-refractivity contribution is 7.09. The van der Waals surface area contributed by atoms with Gasteiger partial charge in [0.1, 0.15) is 18.7 Å². The summed E-state index contributed by atoms with van der Waals surface area (Å²) in [6.45, 7) is 0.214. The summed E-state index contributed by atoms with van der Waals surface area (Å²) in [5.74, 6) is -0.755. The molecule has 0 bridgehead atoms. The Bertz CT molecular complexity index is 971. The van der Waals surface area contributed by atoms with E-state index in [1.165, 1.54) is 16.9 Å². The lowest BCUT2D eigenvalue weighted by Crippen LogP contribution is -2.52. The number of hydrogen-bond acceptors (Lipinski definition) is 6. The van der Waals surface area contributed by atoms with Gasteiger partial charge in [-0.2, -0.15) is 0 Å². The number of carbonyl (C=O) groups is 3. The Hall–Kier alpha value is -2.87. The van der Waals surface area contributed by atoms with Gasteiger partial charge in [-0.15, -0.1) is 11.3 Å². The monoisotopic (exact) mass is 470 g/mol. The minimum absolute atomic E-state index is 0.111. The number of hydrogen-bond donors (Lipinski definition) is 0. The maximum Gasteiger partial charge on any atom is 0.415 e. The fraction of sp³-hybridized carbons (Fsp3) is 0.480. The van der Waals surface area contributed by atoms with Crippen molar-refractivity contribution in [3.63, 3.8) is 0 Å². The lowest BCUT2D eigenvalue weighted by molar-refractivity contribution is -0.147. The fourth-order valence-electron chi connectivity index (χ4n) is 4.59. The number of carbonyl (C=O) groups excluding carboxylic acids is 3. The van der Waals surface area contributed by atoms with Crippen LogP contribution in [0, 0.1) is 0 Å². The topological polar surface area (TPSA) is 76.2 Å². The molecule has 1 saturated carbocycles. The van der Waals surface area contributed by atoms with Crippen molar-refractivity contribution in [2.75, 3.05) is 25.1 Å². The lowest BCUT2D eigenvalue weighted by Gasteiger charge is -2.31. The van der Waals surface area contributed by atoms with E-state index in [1.807, 2.05) is 41.8 Å². The number of benzene rings is 1. The Morgan fingerprint density at radius 1 is 1.09 bits per heavy atom. The van der Waals surface area contributed by atoms with Crippen LogP contribution >= 0.6 is 11.3 Å². The second-order valence-corrected chi connectivity index (χ2v) is 9.56. The van der Waals surface area contributed by atoms with Crippen LogP contribution in [0.1, 0.15) is 42.5 Å². The third-order valence-electron chi connectivity index (χ3n) is 6.35. The van der Waals surface area contributed by atoms with Crippen LogP contribution in [0.15, 0.2) is 41.8 Å². The molecule has 1 fully saturated rings. The Morgan fingerprint density at radius 2 is 1.88 bits per heavy atom. The van der Waals surface area contributed by atoms with Crippen molar-refractivity contribution in [2.24, 2.45) is 0 Å².